The minimum atomic E-state index is -3.81. The number of amides is 1. The van der Waals surface area contributed by atoms with Crippen LogP contribution in [0.3, 0.4) is 0 Å². The summed E-state index contributed by atoms with van der Waals surface area (Å²) in [5.41, 5.74) is 2.74. The van der Waals surface area contributed by atoms with Crippen molar-refractivity contribution >= 4 is 32.7 Å². The zero-order valence-electron chi connectivity index (χ0n) is 22.7. The molecule has 0 bridgehead atoms. The number of carboxylic acid groups (broad SMARTS) is 1. The summed E-state index contributed by atoms with van der Waals surface area (Å²) in [4.78, 5) is 25.4. The van der Waals surface area contributed by atoms with E-state index in [0.29, 0.717) is 19.4 Å². The number of carboxylic acids is 1. The molecule has 0 radical (unpaired) electrons. The van der Waals surface area contributed by atoms with E-state index >= 15 is 0 Å². The molecule has 1 amide bonds. The number of nitrogens with zero attached hydrogens (tertiary/aromatic N) is 1. The molecule has 0 spiro atoms. The van der Waals surface area contributed by atoms with Gasteiger partial charge in [0.05, 0.1) is 17.9 Å². The smallest absolute Gasteiger partial charge is 0.326 e. The number of piperidine rings is 1. The van der Waals surface area contributed by atoms with E-state index in [9.17, 15) is 23.1 Å². The zero-order chi connectivity index (χ0) is 29.0. The molecule has 9 heteroatoms. The van der Waals surface area contributed by atoms with E-state index in [1.807, 2.05) is 72.8 Å². The molecule has 1 unspecified atom stereocenters. The Morgan fingerprint density at radius 3 is 2.27 bits per heavy atom. The standard InChI is InChI=1S/C32H32N2O6S/c1-40-28-15-12-25(13-16-28)24-10-8-22(9-11-24)19-30(32(36)37)33-31(35)27-7-4-18-34(21-27)41(38,39)29-17-14-23-5-2-3-6-26(23)20-29/h2-3,5-6,8-17,20,27,30H,4,7,18-19,21H2,1H3,(H,33,35)(H,36,37)/t27?,30-/m0/s1. The van der Waals surface area contributed by atoms with Crippen molar-refractivity contribution in [2.75, 3.05) is 20.2 Å². The SMILES string of the molecule is COc1ccc(-c2ccc(C[C@H](NC(=O)C3CCCN(S(=O)(=O)c4ccc5ccccc5c4)C3)C(=O)O)cc2)cc1. The molecule has 0 aliphatic carbocycles. The Bertz CT molecular complexity index is 1650. The number of hydrogen-bond acceptors (Lipinski definition) is 5. The lowest BCUT2D eigenvalue weighted by Gasteiger charge is -2.32. The maximum Gasteiger partial charge on any atom is 0.326 e. The molecular formula is C32H32N2O6S. The quantitative estimate of drug-likeness (QED) is 0.300. The summed E-state index contributed by atoms with van der Waals surface area (Å²) in [5, 5.41) is 14.3. The number of rotatable bonds is 9. The van der Waals surface area contributed by atoms with Gasteiger partial charge >= 0.3 is 5.97 Å². The third kappa shape index (κ3) is 6.42. The van der Waals surface area contributed by atoms with Crippen LogP contribution in [0.1, 0.15) is 18.4 Å². The molecule has 1 saturated heterocycles. The van der Waals surface area contributed by atoms with Gasteiger partial charge in [-0.25, -0.2) is 13.2 Å². The Labute approximate surface area is 239 Å². The van der Waals surface area contributed by atoms with Crippen LogP contribution in [0.2, 0.25) is 0 Å². The number of hydrogen-bond donors (Lipinski definition) is 2. The summed E-state index contributed by atoms with van der Waals surface area (Å²) in [6.07, 6.45) is 1.10. The Hall–Kier alpha value is -4.21. The zero-order valence-corrected chi connectivity index (χ0v) is 23.5. The van der Waals surface area contributed by atoms with Crippen molar-refractivity contribution in [1.29, 1.82) is 0 Å². The van der Waals surface area contributed by atoms with E-state index in [-0.39, 0.29) is 17.9 Å². The molecule has 2 N–H and O–H groups in total. The van der Waals surface area contributed by atoms with Crippen LogP contribution < -0.4 is 10.1 Å². The van der Waals surface area contributed by atoms with Gasteiger partial charge in [0.15, 0.2) is 0 Å². The molecular weight excluding hydrogens is 540 g/mol. The highest BCUT2D eigenvalue weighted by molar-refractivity contribution is 7.89. The van der Waals surface area contributed by atoms with E-state index in [1.165, 1.54) is 4.31 Å². The third-order valence-electron chi connectivity index (χ3n) is 7.55. The number of carbonyl (C=O) groups is 2. The van der Waals surface area contributed by atoms with Crippen LogP contribution in [-0.2, 0) is 26.0 Å². The van der Waals surface area contributed by atoms with Gasteiger partial charge in [-0.2, -0.15) is 4.31 Å². The van der Waals surface area contributed by atoms with Crippen LogP contribution in [0.25, 0.3) is 21.9 Å². The van der Waals surface area contributed by atoms with Crippen molar-refractivity contribution < 1.29 is 27.9 Å². The number of aliphatic carboxylic acids is 1. The van der Waals surface area contributed by atoms with Crippen molar-refractivity contribution in [3.8, 4) is 16.9 Å². The topological polar surface area (TPSA) is 113 Å². The molecule has 0 aromatic heterocycles. The van der Waals surface area contributed by atoms with Crippen molar-refractivity contribution in [2.45, 2.75) is 30.2 Å². The molecule has 4 aromatic rings. The molecule has 1 aliphatic rings. The predicted octanol–water partition coefficient (Wildman–Crippen LogP) is 4.73. The maximum absolute atomic E-state index is 13.4. The summed E-state index contributed by atoms with van der Waals surface area (Å²) in [5.74, 6) is -1.48. The van der Waals surface area contributed by atoms with E-state index in [4.69, 9.17) is 4.74 Å². The number of benzene rings is 4. The van der Waals surface area contributed by atoms with Crippen LogP contribution in [0.15, 0.2) is 95.9 Å². The van der Waals surface area contributed by atoms with E-state index in [0.717, 1.165) is 33.2 Å². The molecule has 1 aliphatic heterocycles. The van der Waals surface area contributed by atoms with Gasteiger partial charge in [-0.15, -0.1) is 0 Å². The third-order valence-corrected chi connectivity index (χ3v) is 9.41. The lowest BCUT2D eigenvalue weighted by atomic mass is 9.97. The molecule has 41 heavy (non-hydrogen) atoms. The predicted molar refractivity (Wildman–Crippen MR) is 157 cm³/mol. The number of sulfonamides is 1. The van der Waals surface area contributed by atoms with Gasteiger partial charge in [-0.1, -0.05) is 66.7 Å². The molecule has 1 fully saturated rings. The highest BCUT2D eigenvalue weighted by atomic mass is 32.2. The number of ether oxygens (including phenoxy) is 1. The van der Waals surface area contributed by atoms with Crippen LogP contribution in [-0.4, -0.2) is 55.9 Å². The maximum atomic E-state index is 13.4. The second-order valence-corrected chi connectivity index (χ2v) is 12.2. The fourth-order valence-corrected chi connectivity index (χ4v) is 6.75. The average Bonchev–Trinajstić information content (AvgIpc) is 3.01. The first-order valence-corrected chi connectivity index (χ1v) is 14.9. The highest BCUT2D eigenvalue weighted by Crippen LogP contribution is 2.27. The van der Waals surface area contributed by atoms with Gasteiger partial charge in [0, 0.05) is 19.5 Å². The van der Waals surface area contributed by atoms with Crippen LogP contribution in [0.4, 0.5) is 0 Å². The number of nitrogens with one attached hydrogen (secondary N) is 1. The Balaban J connectivity index is 1.24. The fourth-order valence-electron chi connectivity index (χ4n) is 5.19. The minimum Gasteiger partial charge on any atom is -0.497 e. The first-order chi connectivity index (χ1) is 19.7. The van der Waals surface area contributed by atoms with Gasteiger partial charge in [0.25, 0.3) is 0 Å². The first kappa shape index (κ1) is 28.3. The summed E-state index contributed by atoms with van der Waals surface area (Å²) in [6, 6.07) is 26.6. The lowest BCUT2D eigenvalue weighted by Crippen LogP contribution is -2.50. The van der Waals surface area contributed by atoms with Crippen molar-refractivity contribution in [2.24, 2.45) is 5.92 Å². The van der Waals surface area contributed by atoms with Crippen molar-refractivity contribution in [1.82, 2.24) is 9.62 Å². The normalized spacial score (nSPS) is 16.7. The largest absolute Gasteiger partial charge is 0.497 e. The first-order valence-electron chi connectivity index (χ1n) is 13.5. The van der Waals surface area contributed by atoms with Crippen LogP contribution in [0, 0.1) is 5.92 Å². The Morgan fingerprint density at radius 1 is 0.951 bits per heavy atom. The summed E-state index contributed by atoms with van der Waals surface area (Å²) >= 11 is 0. The molecule has 5 rings (SSSR count). The number of fused-ring (bicyclic) bond motifs is 1. The molecule has 212 valence electrons. The van der Waals surface area contributed by atoms with Gasteiger partial charge in [-0.3, -0.25) is 4.79 Å². The minimum absolute atomic E-state index is 0.00386. The van der Waals surface area contributed by atoms with E-state index in [1.54, 1.807) is 25.3 Å². The summed E-state index contributed by atoms with van der Waals surface area (Å²) in [7, 11) is -2.20. The highest BCUT2D eigenvalue weighted by Gasteiger charge is 2.34. The van der Waals surface area contributed by atoms with E-state index in [2.05, 4.69) is 5.32 Å². The van der Waals surface area contributed by atoms with Crippen LogP contribution >= 0.6 is 0 Å². The Morgan fingerprint density at radius 2 is 1.61 bits per heavy atom. The average molecular weight is 573 g/mol. The molecule has 0 saturated carbocycles. The van der Waals surface area contributed by atoms with Crippen molar-refractivity contribution in [3.63, 3.8) is 0 Å². The van der Waals surface area contributed by atoms with Gasteiger partial charge in [0.2, 0.25) is 15.9 Å². The van der Waals surface area contributed by atoms with Crippen LogP contribution in [0.5, 0.6) is 5.75 Å². The van der Waals surface area contributed by atoms with Crippen molar-refractivity contribution in [3.05, 3.63) is 96.6 Å². The Kier molecular flexibility index (Phi) is 8.37. The molecule has 4 aromatic carbocycles. The number of methoxy groups -OCH3 is 1. The molecule has 8 nitrogen and oxygen atoms in total. The molecule has 2 atom stereocenters. The second-order valence-electron chi connectivity index (χ2n) is 10.2. The number of carbonyl (C=O) groups excluding carboxylic acids is 1. The molecule has 1 heterocycles. The van der Waals surface area contributed by atoms with Gasteiger partial charge in [0.1, 0.15) is 11.8 Å². The van der Waals surface area contributed by atoms with Gasteiger partial charge in [-0.05, 0) is 64.6 Å². The lowest BCUT2D eigenvalue weighted by molar-refractivity contribution is -0.142. The summed E-state index contributed by atoms with van der Waals surface area (Å²) in [6.45, 7) is 0.311. The second kappa shape index (κ2) is 12.1. The monoisotopic (exact) mass is 572 g/mol. The van der Waals surface area contributed by atoms with E-state index < -0.39 is 33.9 Å². The van der Waals surface area contributed by atoms with Gasteiger partial charge < -0.3 is 15.2 Å². The summed E-state index contributed by atoms with van der Waals surface area (Å²) < 4.78 is 33.4. The fraction of sp³-hybridized carbons (Fsp3) is 0.250.